The summed E-state index contributed by atoms with van der Waals surface area (Å²) in [6.45, 7) is 22.0. The molecule has 10 nitrogen and oxygen atoms in total. The van der Waals surface area contributed by atoms with Gasteiger partial charge in [0.15, 0.2) is 0 Å². The summed E-state index contributed by atoms with van der Waals surface area (Å²) >= 11 is 0. The van der Waals surface area contributed by atoms with E-state index in [1.165, 1.54) is 25.7 Å². The zero-order valence-corrected chi connectivity index (χ0v) is 39.1. The van der Waals surface area contributed by atoms with Gasteiger partial charge in [-0.15, -0.1) is 22.1 Å². The van der Waals surface area contributed by atoms with E-state index in [9.17, 15) is 0 Å². The summed E-state index contributed by atoms with van der Waals surface area (Å²) in [5.41, 5.74) is 15.0. The summed E-state index contributed by atoms with van der Waals surface area (Å²) in [6, 6.07) is 50.0. The molecule has 2 radical (unpaired) electrons. The third-order valence-electron chi connectivity index (χ3n) is 10.5. The van der Waals surface area contributed by atoms with Gasteiger partial charge in [0.05, 0.1) is 22.8 Å². The van der Waals surface area contributed by atoms with E-state index >= 15 is 0 Å². The maximum Gasteiger partial charge on any atom is 3.00 e. The SMILES string of the molecule is C1=Cc2nc1c(-c1ccccc1)c1ccc([n-]1)c(-c1ccccc1)c1nc(c(-c3ccccc3)c3ccc([n-]3)c2-c2ccccc2)C=C1.C1CCOC1.C1CCOC1.[C-]#[O+].[C-]#[O+].[C-]#[O+].[C-]#[O+].[Co].[Cr+3]. The first kappa shape index (κ1) is 55.7. The molecular weight excluding hydrogens is 936 g/mol. The molecule has 0 saturated carbocycles. The molecule has 0 amide bonds. The van der Waals surface area contributed by atoms with Crippen molar-refractivity contribution in [3.63, 3.8) is 0 Å². The van der Waals surface area contributed by atoms with Gasteiger partial charge < -0.3 is 19.4 Å². The Kier molecular flexibility index (Phi) is 25.1. The van der Waals surface area contributed by atoms with Gasteiger partial charge in [0, 0.05) is 43.2 Å². The Morgan fingerprint density at radius 1 is 0.338 bits per heavy atom. The van der Waals surface area contributed by atoms with E-state index in [4.69, 9.17) is 48.0 Å². The van der Waals surface area contributed by atoms with Crippen LogP contribution >= 0.6 is 0 Å². The van der Waals surface area contributed by atoms with E-state index in [0.29, 0.717) is 0 Å². The van der Waals surface area contributed by atoms with Crippen LogP contribution in [0, 0.1) is 26.6 Å². The molecule has 0 unspecified atom stereocenters. The van der Waals surface area contributed by atoms with E-state index < -0.39 is 0 Å². The average Bonchev–Trinajstić information content (AvgIpc) is 4.27. The van der Waals surface area contributed by atoms with Crippen LogP contribution in [0.3, 0.4) is 0 Å². The summed E-state index contributed by atoms with van der Waals surface area (Å²) < 4.78 is 39.9. The Labute approximate surface area is 417 Å². The molecule has 7 aromatic rings. The van der Waals surface area contributed by atoms with Crippen molar-refractivity contribution in [3.8, 4) is 44.5 Å². The Morgan fingerprint density at radius 3 is 0.721 bits per heavy atom. The van der Waals surface area contributed by atoms with Gasteiger partial charge in [-0.25, -0.2) is 9.97 Å². The molecule has 3 aromatic heterocycles. The van der Waals surface area contributed by atoms with Crippen molar-refractivity contribution in [2.24, 2.45) is 0 Å². The number of benzene rings is 4. The van der Waals surface area contributed by atoms with Crippen LogP contribution in [0.25, 0.3) is 90.9 Å². The molecule has 0 N–H and O–H groups in total. The maximum atomic E-state index is 7.50. The van der Waals surface area contributed by atoms with E-state index in [-0.39, 0.29) is 34.1 Å². The quantitative estimate of drug-likeness (QED) is 0.126. The molecule has 0 atom stereocenters. The molecule has 2 fully saturated rings. The summed E-state index contributed by atoms with van der Waals surface area (Å²) in [5, 5.41) is 0. The maximum absolute atomic E-state index is 7.50. The topological polar surface area (TPSA) is 152 Å². The van der Waals surface area contributed by atoms with E-state index in [2.05, 4.69) is 172 Å². The Bertz CT molecular complexity index is 2540. The Hall–Kier alpha value is -6.60. The number of hydrogen-bond acceptors (Lipinski definition) is 4. The van der Waals surface area contributed by atoms with E-state index in [1.54, 1.807) is 0 Å². The van der Waals surface area contributed by atoms with Gasteiger partial charge in [-0.05, 0) is 94.5 Å². The molecule has 338 valence electrons. The van der Waals surface area contributed by atoms with Crippen LogP contribution in [-0.4, -0.2) is 36.4 Å². The molecule has 4 aromatic carbocycles. The van der Waals surface area contributed by atoms with Crippen molar-refractivity contribution in [1.29, 1.82) is 0 Å². The number of aromatic nitrogens is 4. The third-order valence-corrected chi connectivity index (χ3v) is 10.5. The van der Waals surface area contributed by atoms with Crippen molar-refractivity contribution in [2.45, 2.75) is 25.7 Å². The van der Waals surface area contributed by atoms with E-state index in [1.807, 2.05) is 24.3 Å². The standard InChI is InChI=1S/C44H28N4.2C4H8O.4CO.Co.Cr/c1-5-13-29(14-6-1)41-33-21-23-35(45-33)42(30-15-7-2-8-16-30)37-25-27-39(47-37)44(32-19-11-4-12-20-32)40-28-26-38(48-40)43(31-17-9-3-10-18-31)36-24-22-34(41)46-36;2*1-2-4-5-3-1;4*1-2;;/h1-28H;2*1-4H2;;;;;;/q-2;;;;;;;;+3. The summed E-state index contributed by atoms with van der Waals surface area (Å²) in [7, 11) is 0. The number of nitrogens with zero attached hydrogens (tertiary/aromatic N) is 4. The van der Waals surface area contributed by atoms with Gasteiger partial charge in [0.2, 0.25) is 0 Å². The second kappa shape index (κ2) is 30.6. The van der Waals surface area contributed by atoms with Gasteiger partial charge in [0.1, 0.15) is 0 Å². The Balaban J connectivity index is 0.000000528. The first-order valence-electron chi connectivity index (χ1n) is 21.0. The molecule has 2 saturated heterocycles. The molecule has 11 rings (SSSR count). The van der Waals surface area contributed by atoms with E-state index in [0.717, 1.165) is 116 Å². The van der Waals surface area contributed by atoms with Crippen molar-refractivity contribution in [3.05, 3.63) is 195 Å². The molecule has 0 aliphatic carbocycles. The fraction of sp³-hybridized carbons (Fsp3) is 0.143. The molecule has 4 aliphatic heterocycles. The van der Waals surface area contributed by atoms with Crippen LogP contribution in [-0.2, 0) is 62.2 Å². The fourth-order valence-electron chi connectivity index (χ4n) is 7.71. The van der Waals surface area contributed by atoms with Gasteiger partial charge in [0.25, 0.3) is 0 Å². The Morgan fingerprint density at radius 2 is 0.544 bits per heavy atom. The van der Waals surface area contributed by atoms with Crippen molar-refractivity contribution >= 4 is 46.4 Å². The minimum absolute atomic E-state index is 0. The first-order chi connectivity index (χ1) is 32.8. The summed E-state index contributed by atoms with van der Waals surface area (Å²) in [6.07, 6.45) is 13.5. The van der Waals surface area contributed by atoms with Crippen molar-refractivity contribution in [1.82, 2.24) is 19.9 Å². The second-order valence-electron chi connectivity index (χ2n) is 14.5. The smallest absolute Gasteiger partial charge is 0 e. The minimum Gasteiger partial charge on any atom is 0 e. The van der Waals surface area contributed by atoms with Crippen LogP contribution in [0.15, 0.2) is 146 Å². The van der Waals surface area contributed by atoms with Gasteiger partial charge in [-0.1, -0.05) is 146 Å². The molecule has 12 heteroatoms. The van der Waals surface area contributed by atoms with Crippen LogP contribution in [0.5, 0.6) is 0 Å². The monoisotopic (exact) mass is 979 g/mol. The number of rotatable bonds is 4. The summed E-state index contributed by atoms with van der Waals surface area (Å²) in [5.74, 6) is 0. The first-order valence-corrected chi connectivity index (χ1v) is 21.0. The fourth-order valence-corrected chi connectivity index (χ4v) is 7.71. The molecule has 0 spiro atoms. The molecular formula is C56H44CoCrN4O6+. The van der Waals surface area contributed by atoms with Crippen LogP contribution in [0.4, 0.5) is 0 Å². The van der Waals surface area contributed by atoms with Crippen molar-refractivity contribution in [2.75, 3.05) is 26.4 Å². The van der Waals surface area contributed by atoms with Gasteiger partial charge >= 0.3 is 62.6 Å². The van der Waals surface area contributed by atoms with Gasteiger partial charge in [-0.2, -0.15) is 0 Å². The molecule has 68 heavy (non-hydrogen) atoms. The average molecular weight is 980 g/mol. The molecule has 4 aliphatic rings. The van der Waals surface area contributed by atoms with Gasteiger partial charge in [-0.3, -0.25) is 0 Å². The largest absolute Gasteiger partial charge is 3.00 e. The predicted molar refractivity (Wildman–Crippen MR) is 254 cm³/mol. The number of hydrogen-bond donors (Lipinski definition) is 0. The minimum atomic E-state index is 0. The van der Waals surface area contributed by atoms with Crippen LogP contribution < -0.4 is 9.97 Å². The summed E-state index contributed by atoms with van der Waals surface area (Å²) in [4.78, 5) is 21.2. The zero-order valence-electron chi connectivity index (χ0n) is 36.8. The molecule has 7 heterocycles. The van der Waals surface area contributed by atoms with Crippen molar-refractivity contribution < 1.29 is 62.2 Å². The normalized spacial score (nSPS) is 12.1. The van der Waals surface area contributed by atoms with Crippen LogP contribution in [0.2, 0.25) is 0 Å². The third kappa shape index (κ3) is 14.2. The zero-order chi connectivity index (χ0) is 46.9. The van der Waals surface area contributed by atoms with Crippen LogP contribution in [0.1, 0.15) is 48.5 Å². The predicted octanol–water partition coefficient (Wildman–Crippen LogP) is 12.0. The number of fused-ring (bicyclic) bond motifs is 8. The molecule has 8 bridgehead atoms. The number of ether oxygens (including phenoxy) is 2. The second-order valence-corrected chi connectivity index (χ2v) is 14.5.